The summed E-state index contributed by atoms with van der Waals surface area (Å²) in [5.41, 5.74) is 4.53. The van der Waals surface area contributed by atoms with Crippen molar-refractivity contribution in [1.82, 2.24) is 10.6 Å². The van der Waals surface area contributed by atoms with E-state index in [0.717, 1.165) is 30.6 Å². The molecule has 3 N–H and O–H groups in total. The van der Waals surface area contributed by atoms with E-state index in [1.54, 1.807) is 6.07 Å². The maximum absolute atomic E-state index is 13.1. The Morgan fingerprint density at radius 1 is 1.06 bits per heavy atom. The standard InChI is InChI=1S/C26H29N3O4S/c1-18(20-6-4-3-5-7-20)28-26(30)29-24-11-10-23(15-25(24)33-2)34(31,32)17-19-8-9-22-16-27-13-12-21(22)14-19/h3-11,14-15,18,27H,12-13,16-17H2,1-2H3,(H2,28,29,30). The molecular formula is C26H29N3O4S. The van der Waals surface area contributed by atoms with E-state index in [-0.39, 0.29) is 22.4 Å². The van der Waals surface area contributed by atoms with Crippen LogP contribution < -0.4 is 20.7 Å². The molecule has 2 amide bonds. The van der Waals surface area contributed by atoms with Crippen LogP contribution in [0.3, 0.4) is 0 Å². The van der Waals surface area contributed by atoms with Gasteiger partial charge in [-0.25, -0.2) is 13.2 Å². The minimum Gasteiger partial charge on any atom is -0.495 e. The van der Waals surface area contributed by atoms with Gasteiger partial charge in [0.2, 0.25) is 0 Å². The first-order valence-corrected chi connectivity index (χ1v) is 12.9. The Balaban J connectivity index is 1.47. The summed E-state index contributed by atoms with van der Waals surface area (Å²) < 4.78 is 31.6. The molecule has 34 heavy (non-hydrogen) atoms. The molecule has 0 spiro atoms. The average Bonchev–Trinajstić information content (AvgIpc) is 2.84. The molecule has 178 valence electrons. The van der Waals surface area contributed by atoms with Gasteiger partial charge in [0.05, 0.1) is 29.5 Å². The number of benzene rings is 3. The summed E-state index contributed by atoms with van der Waals surface area (Å²) in [6.07, 6.45) is 0.891. The van der Waals surface area contributed by atoms with Crippen molar-refractivity contribution in [3.63, 3.8) is 0 Å². The van der Waals surface area contributed by atoms with E-state index in [9.17, 15) is 13.2 Å². The first-order valence-electron chi connectivity index (χ1n) is 11.2. The second-order valence-electron chi connectivity index (χ2n) is 8.38. The van der Waals surface area contributed by atoms with Crippen LogP contribution in [0.25, 0.3) is 0 Å². The van der Waals surface area contributed by atoms with Gasteiger partial charge in [0, 0.05) is 12.6 Å². The Kier molecular flexibility index (Phi) is 7.19. The van der Waals surface area contributed by atoms with Crippen LogP contribution in [0.2, 0.25) is 0 Å². The molecule has 4 rings (SSSR count). The number of anilines is 1. The Labute approximate surface area is 200 Å². The number of carbonyl (C=O) groups excluding carboxylic acids is 1. The van der Waals surface area contributed by atoms with E-state index in [2.05, 4.69) is 16.0 Å². The second kappa shape index (κ2) is 10.3. The normalized spacial score (nSPS) is 14.1. The fourth-order valence-corrected chi connectivity index (χ4v) is 5.42. The highest BCUT2D eigenvalue weighted by atomic mass is 32.2. The van der Waals surface area contributed by atoms with Crippen LogP contribution >= 0.6 is 0 Å². The fourth-order valence-electron chi connectivity index (χ4n) is 4.07. The van der Waals surface area contributed by atoms with E-state index in [0.29, 0.717) is 5.69 Å². The molecule has 0 aliphatic carbocycles. The Bertz CT molecular complexity index is 1280. The smallest absolute Gasteiger partial charge is 0.319 e. The lowest BCUT2D eigenvalue weighted by molar-refractivity contribution is 0.249. The number of rotatable bonds is 7. The topological polar surface area (TPSA) is 96.5 Å². The predicted molar refractivity (Wildman–Crippen MR) is 133 cm³/mol. The quantitative estimate of drug-likeness (QED) is 0.472. The summed E-state index contributed by atoms with van der Waals surface area (Å²) in [7, 11) is -2.15. The van der Waals surface area contributed by atoms with Crippen molar-refractivity contribution in [2.75, 3.05) is 19.0 Å². The minimum atomic E-state index is -3.60. The zero-order chi connectivity index (χ0) is 24.1. The third kappa shape index (κ3) is 5.58. The van der Waals surface area contributed by atoms with Gasteiger partial charge in [0.15, 0.2) is 9.84 Å². The van der Waals surface area contributed by atoms with Gasteiger partial charge >= 0.3 is 6.03 Å². The number of nitrogens with one attached hydrogen (secondary N) is 3. The zero-order valence-corrected chi connectivity index (χ0v) is 20.1. The van der Waals surface area contributed by atoms with E-state index in [4.69, 9.17) is 4.74 Å². The van der Waals surface area contributed by atoms with Crippen LogP contribution in [0.15, 0.2) is 71.6 Å². The second-order valence-corrected chi connectivity index (χ2v) is 10.4. The fraction of sp³-hybridized carbons (Fsp3) is 0.269. The van der Waals surface area contributed by atoms with Crippen LogP contribution in [0, 0.1) is 0 Å². The molecule has 1 unspecified atom stereocenters. The van der Waals surface area contributed by atoms with E-state index in [1.807, 2.05) is 55.5 Å². The van der Waals surface area contributed by atoms with Gasteiger partial charge < -0.3 is 20.7 Å². The maximum atomic E-state index is 13.1. The summed E-state index contributed by atoms with van der Waals surface area (Å²) >= 11 is 0. The third-order valence-electron chi connectivity index (χ3n) is 5.94. The van der Waals surface area contributed by atoms with Gasteiger partial charge in [-0.1, -0.05) is 48.5 Å². The lowest BCUT2D eigenvalue weighted by Gasteiger charge is -2.18. The van der Waals surface area contributed by atoms with Crippen molar-refractivity contribution >= 4 is 21.6 Å². The Morgan fingerprint density at radius 3 is 2.62 bits per heavy atom. The molecule has 0 saturated heterocycles. The number of fused-ring (bicyclic) bond motifs is 1. The summed E-state index contributed by atoms with van der Waals surface area (Å²) in [6.45, 7) is 3.59. The highest BCUT2D eigenvalue weighted by Gasteiger charge is 2.20. The number of carbonyl (C=O) groups is 1. The Morgan fingerprint density at radius 2 is 1.85 bits per heavy atom. The summed E-state index contributed by atoms with van der Waals surface area (Å²) in [5.74, 6) is 0.179. The van der Waals surface area contributed by atoms with Crippen molar-refractivity contribution in [3.8, 4) is 5.75 Å². The van der Waals surface area contributed by atoms with Gasteiger partial charge in [-0.2, -0.15) is 0 Å². The van der Waals surface area contributed by atoms with Gasteiger partial charge in [-0.15, -0.1) is 0 Å². The van der Waals surface area contributed by atoms with Crippen molar-refractivity contribution < 1.29 is 17.9 Å². The largest absolute Gasteiger partial charge is 0.495 e. The summed E-state index contributed by atoms with van der Waals surface area (Å²) in [4.78, 5) is 12.6. The monoisotopic (exact) mass is 479 g/mol. The molecule has 3 aromatic rings. The molecule has 0 aromatic heterocycles. The van der Waals surface area contributed by atoms with Gasteiger partial charge in [-0.05, 0) is 54.3 Å². The molecule has 1 heterocycles. The van der Waals surface area contributed by atoms with E-state index in [1.165, 1.54) is 30.4 Å². The predicted octanol–water partition coefficient (Wildman–Crippen LogP) is 4.20. The molecule has 0 fully saturated rings. The summed E-state index contributed by atoms with van der Waals surface area (Å²) in [6, 6.07) is 19.4. The highest BCUT2D eigenvalue weighted by molar-refractivity contribution is 7.90. The third-order valence-corrected chi connectivity index (χ3v) is 7.63. The average molecular weight is 480 g/mol. The minimum absolute atomic E-state index is 0.0985. The number of hydrogen-bond acceptors (Lipinski definition) is 5. The van der Waals surface area contributed by atoms with Gasteiger partial charge in [0.1, 0.15) is 5.75 Å². The van der Waals surface area contributed by atoms with Crippen molar-refractivity contribution in [2.45, 2.75) is 36.6 Å². The molecular weight excluding hydrogens is 450 g/mol. The molecule has 8 heteroatoms. The molecule has 0 saturated carbocycles. The number of methoxy groups -OCH3 is 1. The molecule has 0 radical (unpaired) electrons. The molecule has 7 nitrogen and oxygen atoms in total. The van der Waals surface area contributed by atoms with Crippen LogP contribution in [0.5, 0.6) is 5.75 Å². The number of amides is 2. The molecule has 1 aliphatic heterocycles. The molecule has 0 bridgehead atoms. The molecule has 1 aliphatic rings. The molecule has 1 atom stereocenters. The molecule has 3 aromatic carbocycles. The SMILES string of the molecule is COc1cc(S(=O)(=O)Cc2ccc3c(c2)CCNC3)ccc1NC(=O)NC(C)c1ccccc1. The summed E-state index contributed by atoms with van der Waals surface area (Å²) in [5, 5.41) is 8.94. The van der Waals surface area contributed by atoms with E-state index < -0.39 is 15.9 Å². The number of urea groups is 1. The first-order chi connectivity index (χ1) is 16.4. The highest BCUT2D eigenvalue weighted by Crippen LogP contribution is 2.30. The number of hydrogen-bond donors (Lipinski definition) is 3. The first kappa shape index (κ1) is 23.8. The lowest BCUT2D eigenvalue weighted by Crippen LogP contribution is -2.31. The number of sulfone groups is 1. The van der Waals surface area contributed by atoms with Crippen molar-refractivity contribution in [3.05, 3.63) is 89.0 Å². The zero-order valence-electron chi connectivity index (χ0n) is 19.3. The van der Waals surface area contributed by atoms with Crippen LogP contribution in [-0.2, 0) is 28.6 Å². The number of ether oxygens (including phenoxy) is 1. The van der Waals surface area contributed by atoms with Crippen molar-refractivity contribution in [2.24, 2.45) is 0 Å². The van der Waals surface area contributed by atoms with Crippen LogP contribution in [0.4, 0.5) is 10.5 Å². The van der Waals surface area contributed by atoms with Crippen LogP contribution in [-0.4, -0.2) is 28.1 Å². The maximum Gasteiger partial charge on any atom is 0.319 e. The Hall–Kier alpha value is -3.36. The van der Waals surface area contributed by atoms with Gasteiger partial charge in [-0.3, -0.25) is 0 Å². The lowest BCUT2D eigenvalue weighted by atomic mass is 9.99. The van der Waals surface area contributed by atoms with Crippen molar-refractivity contribution in [1.29, 1.82) is 0 Å². The van der Waals surface area contributed by atoms with E-state index >= 15 is 0 Å². The van der Waals surface area contributed by atoms with Crippen LogP contribution in [0.1, 0.15) is 35.2 Å². The van der Waals surface area contributed by atoms with Gasteiger partial charge in [0.25, 0.3) is 0 Å².